The molecule has 0 aromatic carbocycles. The Bertz CT molecular complexity index is 288. The normalized spacial score (nSPS) is 26.4. The van der Waals surface area contributed by atoms with Crippen molar-refractivity contribution in [1.82, 2.24) is 10.2 Å². The van der Waals surface area contributed by atoms with E-state index in [-0.39, 0.29) is 6.03 Å². The van der Waals surface area contributed by atoms with Crippen molar-refractivity contribution in [3.05, 3.63) is 0 Å². The van der Waals surface area contributed by atoms with Gasteiger partial charge >= 0.3 is 12.0 Å². The topological polar surface area (TPSA) is 69.6 Å². The fourth-order valence-corrected chi connectivity index (χ4v) is 3.25. The van der Waals surface area contributed by atoms with Gasteiger partial charge in [-0.1, -0.05) is 20.8 Å². The number of aliphatic carboxylic acids is 1. The second-order valence-corrected chi connectivity index (χ2v) is 6.29. The van der Waals surface area contributed by atoms with E-state index >= 15 is 0 Å². The average molecular weight is 260 g/mol. The molecule has 17 heavy (non-hydrogen) atoms. The molecule has 2 unspecified atom stereocenters. The van der Waals surface area contributed by atoms with Crippen LogP contribution in [0.4, 0.5) is 4.79 Å². The van der Waals surface area contributed by atoms with Gasteiger partial charge in [0.25, 0.3) is 0 Å². The molecule has 0 bridgehead atoms. The highest BCUT2D eigenvalue weighted by molar-refractivity contribution is 8.00. The standard InChI is InChI=1S/C11H20N2O3S/c1-4-9(10(14)15)12-11(16)13-5-7(2)17-8(3)6-13/h7-9H,4-6H2,1-3H3,(H,12,16)(H,14,15)/t7?,8?,9-/m0/s1. The lowest BCUT2D eigenvalue weighted by Crippen LogP contribution is -2.52. The number of amides is 2. The minimum atomic E-state index is -0.978. The molecule has 1 fully saturated rings. The van der Waals surface area contributed by atoms with Crippen molar-refractivity contribution in [1.29, 1.82) is 0 Å². The molecular formula is C11H20N2O3S. The van der Waals surface area contributed by atoms with Crippen molar-refractivity contribution in [2.45, 2.75) is 43.7 Å². The molecule has 6 heteroatoms. The molecule has 0 aliphatic carbocycles. The van der Waals surface area contributed by atoms with E-state index in [9.17, 15) is 9.59 Å². The van der Waals surface area contributed by atoms with Crippen LogP contribution in [0, 0.1) is 0 Å². The third-order valence-electron chi connectivity index (χ3n) is 2.71. The van der Waals surface area contributed by atoms with Crippen LogP contribution in [0.5, 0.6) is 0 Å². The number of hydrogen-bond acceptors (Lipinski definition) is 3. The van der Waals surface area contributed by atoms with Gasteiger partial charge in [-0.05, 0) is 6.42 Å². The predicted molar refractivity (Wildman–Crippen MR) is 68.3 cm³/mol. The summed E-state index contributed by atoms with van der Waals surface area (Å²) in [4.78, 5) is 24.5. The van der Waals surface area contributed by atoms with Crippen molar-refractivity contribution in [3.63, 3.8) is 0 Å². The van der Waals surface area contributed by atoms with Gasteiger partial charge in [-0.2, -0.15) is 11.8 Å². The number of nitrogens with one attached hydrogen (secondary N) is 1. The number of carbonyl (C=O) groups excluding carboxylic acids is 1. The van der Waals surface area contributed by atoms with Gasteiger partial charge in [0.2, 0.25) is 0 Å². The van der Waals surface area contributed by atoms with Crippen LogP contribution >= 0.6 is 11.8 Å². The van der Waals surface area contributed by atoms with Crippen molar-refractivity contribution in [2.24, 2.45) is 0 Å². The van der Waals surface area contributed by atoms with E-state index in [4.69, 9.17) is 5.11 Å². The highest BCUT2D eigenvalue weighted by atomic mass is 32.2. The van der Waals surface area contributed by atoms with Crippen LogP contribution in [0.3, 0.4) is 0 Å². The van der Waals surface area contributed by atoms with E-state index in [0.29, 0.717) is 30.0 Å². The van der Waals surface area contributed by atoms with E-state index in [1.807, 2.05) is 11.8 Å². The molecule has 5 nitrogen and oxygen atoms in total. The van der Waals surface area contributed by atoms with Crippen molar-refractivity contribution >= 4 is 23.8 Å². The van der Waals surface area contributed by atoms with Crippen LogP contribution < -0.4 is 5.32 Å². The minimum absolute atomic E-state index is 0.266. The summed E-state index contributed by atoms with van der Waals surface area (Å²) < 4.78 is 0. The summed E-state index contributed by atoms with van der Waals surface area (Å²) in [5.74, 6) is -0.978. The Morgan fingerprint density at radius 1 is 1.41 bits per heavy atom. The van der Waals surface area contributed by atoms with Gasteiger partial charge in [-0.3, -0.25) is 0 Å². The first kappa shape index (κ1) is 14.2. The molecule has 0 saturated carbocycles. The van der Waals surface area contributed by atoms with Crippen LogP contribution in [-0.4, -0.2) is 51.6 Å². The SMILES string of the molecule is CC[C@H](NC(=O)N1CC(C)SC(C)C1)C(=O)O. The number of hydrogen-bond donors (Lipinski definition) is 2. The average Bonchev–Trinajstić information content (AvgIpc) is 2.23. The lowest BCUT2D eigenvalue weighted by atomic mass is 10.2. The zero-order chi connectivity index (χ0) is 13.0. The largest absolute Gasteiger partial charge is 0.480 e. The van der Waals surface area contributed by atoms with Crippen LogP contribution in [0.1, 0.15) is 27.2 Å². The van der Waals surface area contributed by atoms with Crippen molar-refractivity contribution < 1.29 is 14.7 Å². The molecule has 2 N–H and O–H groups in total. The van der Waals surface area contributed by atoms with Gasteiger partial charge in [-0.15, -0.1) is 0 Å². The molecule has 1 aliphatic rings. The Kier molecular flexibility index (Phi) is 5.11. The van der Waals surface area contributed by atoms with Crippen LogP contribution in [0.15, 0.2) is 0 Å². The highest BCUT2D eigenvalue weighted by Gasteiger charge is 2.28. The lowest BCUT2D eigenvalue weighted by molar-refractivity contribution is -0.139. The van der Waals surface area contributed by atoms with Gasteiger partial charge in [-0.25, -0.2) is 9.59 Å². The monoisotopic (exact) mass is 260 g/mol. The van der Waals surface area contributed by atoms with Gasteiger partial charge in [0.1, 0.15) is 6.04 Å². The fourth-order valence-electron chi connectivity index (χ4n) is 1.92. The Morgan fingerprint density at radius 3 is 2.35 bits per heavy atom. The van der Waals surface area contributed by atoms with E-state index in [0.717, 1.165) is 0 Å². The summed E-state index contributed by atoms with van der Waals surface area (Å²) in [6.07, 6.45) is 0.398. The maximum atomic E-state index is 11.9. The molecule has 1 heterocycles. The maximum Gasteiger partial charge on any atom is 0.326 e. The zero-order valence-electron chi connectivity index (χ0n) is 10.5. The second-order valence-electron chi connectivity index (χ2n) is 4.41. The Hall–Kier alpha value is -0.910. The molecule has 3 atom stereocenters. The molecular weight excluding hydrogens is 240 g/mol. The summed E-state index contributed by atoms with van der Waals surface area (Å²) in [6, 6.07) is -1.05. The quantitative estimate of drug-likeness (QED) is 0.804. The van der Waals surface area contributed by atoms with Gasteiger partial charge in [0.05, 0.1) is 0 Å². The first-order chi connectivity index (χ1) is 7.93. The van der Waals surface area contributed by atoms with Crippen LogP contribution in [-0.2, 0) is 4.79 Å². The van der Waals surface area contributed by atoms with Gasteiger partial charge in [0.15, 0.2) is 0 Å². The summed E-state index contributed by atoms with van der Waals surface area (Å²) in [6.45, 7) is 7.26. The molecule has 1 rings (SSSR count). The van der Waals surface area contributed by atoms with E-state index < -0.39 is 12.0 Å². The van der Waals surface area contributed by atoms with Gasteiger partial charge < -0.3 is 15.3 Å². The number of carboxylic acids is 1. The number of carboxylic acid groups (broad SMARTS) is 1. The number of urea groups is 1. The number of nitrogens with zero attached hydrogens (tertiary/aromatic N) is 1. The Labute approximate surface area is 106 Å². The van der Waals surface area contributed by atoms with E-state index in [1.165, 1.54) is 0 Å². The molecule has 0 spiro atoms. The molecule has 2 amide bonds. The third-order valence-corrected chi connectivity index (χ3v) is 3.94. The first-order valence-corrected chi connectivity index (χ1v) is 6.82. The Balaban J connectivity index is 2.54. The van der Waals surface area contributed by atoms with Crippen molar-refractivity contribution in [2.75, 3.05) is 13.1 Å². The summed E-state index contributed by atoms with van der Waals surface area (Å²) >= 11 is 1.86. The van der Waals surface area contributed by atoms with Crippen LogP contribution in [0.25, 0.3) is 0 Å². The molecule has 1 aliphatic heterocycles. The number of thioether (sulfide) groups is 1. The molecule has 0 radical (unpaired) electrons. The third kappa shape index (κ3) is 4.11. The second kappa shape index (κ2) is 6.14. The lowest BCUT2D eigenvalue weighted by Gasteiger charge is -2.35. The van der Waals surface area contributed by atoms with E-state index in [2.05, 4.69) is 19.2 Å². The van der Waals surface area contributed by atoms with Crippen LogP contribution in [0.2, 0.25) is 0 Å². The number of rotatable bonds is 3. The fraction of sp³-hybridized carbons (Fsp3) is 0.818. The smallest absolute Gasteiger partial charge is 0.326 e. The van der Waals surface area contributed by atoms with E-state index in [1.54, 1.807) is 11.8 Å². The summed E-state index contributed by atoms with van der Waals surface area (Å²) in [5, 5.41) is 12.2. The minimum Gasteiger partial charge on any atom is -0.480 e. The molecule has 0 aromatic heterocycles. The molecule has 1 saturated heterocycles. The zero-order valence-corrected chi connectivity index (χ0v) is 11.3. The summed E-state index contributed by atoms with van der Waals surface area (Å²) in [5.41, 5.74) is 0. The molecule has 98 valence electrons. The molecule has 0 aromatic rings. The Morgan fingerprint density at radius 2 is 1.94 bits per heavy atom. The first-order valence-electron chi connectivity index (χ1n) is 5.87. The van der Waals surface area contributed by atoms with Crippen molar-refractivity contribution in [3.8, 4) is 0 Å². The number of carbonyl (C=O) groups is 2. The van der Waals surface area contributed by atoms with Gasteiger partial charge in [0, 0.05) is 23.6 Å². The highest BCUT2D eigenvalue weighted by Crippen LogP contribution is 2.24. The predicted octanol–water partition coefficient (Wildman–Crippen LogP) is 1.38. The maximum absolute atomic E-state index is 11.9. The summed E-state index contributed by atoms with van der Waals surface area (Å²) in [7, 11) is 0.